The van der Waals surface area contributed by atoms with Crippen molar-refractivity contribution < 1.29 is 9.59 Å². The summed E-state index contributed by atoms with van der Waals surface area (Å²) in [4.78, 5) is 27.9. The molecule has 27 heavy (non-hydrogen) atoms. The van der Waals surface area contributed by atoms with E-state index in [1.165, 1.54) is 30.9 Å². The minimum atomic E-state index is -0.149. The van der Waals surface area contributed by atoms with Gasteiger partial charge in [-0.25, -0.2) is 0 Å². The molecule has 2 saturated heterocycles. The van der Waals surface area contributed by atoms with Crippen LogP contribution in [0.25, 0.3) is 0 Å². The molecule has 2 amide bonds. The zero-order chi connectivity index (χ0) is 19.4. The summed E-state index contributed by atoms with van der Waals surface area (Å²) in [5.41, 5.74) is 2.98. The molecule has 148 valence electrons. The lowest BCUT2D eigenvalue weighted by Gasteiger charge is -2.40. The Morgan fingerprint density at radius 2 is 1.85 bits per heavy atom. The van der Waals surface area contributed by atoms with Crippen LogP contribution in [0.5, 0.6) is 0 Å². The second kappa shape index (κ2) is 8.42. The molecule has 1 atom stereocenters. The fraction of sp³-hybridized carbons (Fsp3) is 0.636. The maximum atomic E-state index is 12.3. The van der Waals surface area contributed by atoms with E-state index >= 15 is 0 Å². The fourth-order valence-electron chi connectivity index (χ4n) is 4.50. The van der Waals surface area contributed by atoms with Crippen LogP contribution in [0.1, 0.15) is 57.1 Å². The first kappa shape index (κ1) is 19.9. The van der Waals surface area contributed by atoms with Crippen LogP contribution in [-0.2, 0) is 16.1 Å². The maximum Gasteiger partial charge on any atom is 0.241 e. The molecule has 1 spiro atoms. The van der Waals surface area contributed by atoms with Gasteiger partial charge in [-0.1, -0.05) is 38.1 Å². The van der Waals surface area contributed by atoms with Gasteiger partial charge in [0.2, 0.25) is 11.8 Å². The lowest BCUT2D eigenvalue weighted by molar-refractivity contribution is -0.132. The molecule has 0 aliphatic carbocycles. The quantitative estimate of drug-likeness (QED) is 0.866. The van der Waals surface area contributed by atoms with Crippen LogP contribution >= 0.6 is 0 Å². The van der Waals surface area contributed by atoms with E-state index in [2.05, 4.69) is 48.3 Å². The normalized spacial score (nSPS) is 23.2. The second-order valence-electron chi connectivity index (χ2n) is 8.69. The molecule has 2 aliphatic heterocycles. The Morgan fingerprint density at radius 3 is 2.52 bits per heavy atom. The average molecular weight is 372 g/mol. The summed E-state index contributed by atoms with van der Waals surface area (Å²) in [5.74, 6) is 0.463. The summed E-state index contributed by atoms with van der Waals surface area (Å²) in [6.07, 6.45) is 3.46. The number of benzene rings is 1. The van der Waals surface area contributed by atoms with E-state index < -0.39 is 0 Å². The summed E-state index contributed by atoms with van der Waals surface area (Å²) >= 11 is 0. The number of nitrogens with zero attached hydrogens (tertiary/aromatic N) is 2. The van der Waals surface area contributed by atoms with Crippen molar-refractivity contribution in [1.82, 2.24) is 15.1 Å². The van der Waals surface area contributed by atoms with Gasteiger partial charge in [0.25, 0.3) is 0 Å². The molecule has 5 heteroatoms. The Balaban J connectivity index is 1.56. The highest BCUT2D eigenvalue weighted by atomic mass is 16.2. The van der Waals surface area contributed by atoms with Gasteiger partial charge in [-0.15, -0.1) is 0 Å². The molecule has 2 fully saturated rings. The van der Waals surface area contributed by atoms with E-state index in [9.17, 15) is 9.59 Å². The summed E-state index contributed by atoms with van der Waals surface area (Å²) < 4.78 is 0. The van der Waals surface area contributed by atoms with Crippen molar-refractivity contribution in [1.29, 1.82) is 0 Å². The third-order valence-corrected chi connectivity index (χ3v) is 6.07. The number of rotatable bonds is 5. The van der Waals surface area contributed by atoms with Crippen LogP contribution < -0.4 is 5.32 Å². The van der Waals surface area contributed by atoms with Crippen LogP contribution in [0.4, 0.5) is 0 Å². The van der Waals surface area contributed by atoms with Gasteiger partial charge in [-0.05, 0) is 42.9 Å². The SMILES string of the molecule is CC(=O)NCC(=O)N1CCC2(CCCN(Cc3ccc(C(C)C)cc3)C2)C1. The Bertz CT molecular complexity index is 671. The van der Waals surface area contributed by atoms with Crippen molar-refractivity contribution in [3.05, 3.63) is 35.4 Å². The van der Waals surface area contributed by atoms with Crippen LogP contribution in [0, 0.1) is 5.41 Å². The number of carbonyl (C=O) groups excluding carboxylic acids is 2. The zero-order valence-corrected chi connectivity index (χ0v) is 17.0. The molecule has 5 nitrogen and oxygen atoms in total. The molecule has 0 radical (unpaired) electrons. The van der Waals surface area contributed by atoms with Gasteiger partial charge in [-0.2, -0.15) is 0 Å². The Hall–Kier alpha value is -1.88. The number of likely N-dealkylation sites (tertiary alicyclic amines) is 2. The number of hydrogen-bond donors (Lipinski definition) is 1. The smallest absolute Gasteiger partial charge is 0.241 e. The van der Waals surface area contributed by atoms with Crippen molar-refractivity contribution >= 4 is 11.8 Å². The van der Waals surface area contributed by atoms with Gasteiger partial charge in [0.05, 0.1) is 6.54 Å². The lowest BCUT2D eigenvalue weighted by Crippen LogP contribution is -2.46. The number of amides is 2. The highest BCUT2D eigenvalue weighted by molar-refractivity contribution is 5.83. The number of carbonyl (C=O) groups is 2. The predicted octanol–water partition coefficient (Wildman–Crippen LogP) is 2.76. The van der Waals surface area contributed by atoms with Crippen molar-refractivity contribution in [2.45, 2.75) is 52.5 Å². The summed E-state index contributed by atoms with van der Waals surface area (Å²) in [6.45, 7) is 10.8. The third kappa shape index (κ3) is 5.10. The first-order chi connectivity index (χ1) is 12.9. The van der Waals surface area contributed by atoms with E-state index in [-0.39, 0.29) is 23.8 Å². The number of hydrogen-bond acceptors (Lipinski definition) is 3. The van der Waals surface area contributed by atoms with E-state index in [1.54, 1.807) is 0 Å². The molecule has 0 saturated carbocycles. The highest BCUT2D eigenvalue weighted by Gasteiger charge is 2.42. The lowest BCUT2D eigenvalue weighted by atomic mass is 9.79. The molecule has 2 aliphatic rings. The zero-order valence-electron chi connectivity index (χ0n) is 17.0. The van der Waals surface area contributed by atoms with Crippen molar-refractivity contribution in [2.24, 2.45) is 5.41 Å². The highest BCUT2D eigenvalue weighted by Crippen LogP contribution is 2.39. The predicted molar refractivity (Wildman–Crippen MR) is 107 cm³/mol. The van der Waals surface area contributed by atoms with Gasteiger partial charge >= 0.3 is 0 Å². The van der Waals surface area contributed by atoms with Crippen LogP contribution in [0.15, 0.2) is 24.3 Å². The van der Waals surface area contributed by atoms with E-state index in [1.807, 2.05) is 4.90 Å². The van der Waals surface area contributed by atoms with Crippen LogP contribution in [0.2, 0.25) is 0 Å². The van der Waals surface area contributed by atoms with Crippen LogP contribution in [-0.4, -0.2) is 54.3 Å². The molecule has 0 bridgehead atoms. The average Bonchev–Trinajstić information content (AvgIpc) is 3.03. The second-order valence-corrected chi connectivity index (χ2v) is 8.69. The minimum Gasteiger partial charge on any atom is -0.347 e. The molecule has 1 N–H and O–H groups in total. The molecule has 0 aromatic heterocycles. The molecular formula is C22H33N3O2. The molecular weight excluding hydrogens is 338 g/mol. The first-order valence-electron chi connectivity index (χ1n) is 10.2. The van der Waals surface area contributed by atoms with Gasteiger partial charge < -0.3 is 10.2 Å². The standard InChI is InChI=1S/C22H33N3O2/c1-17(2)20-7-5-19(6-8-20)14-24-11-4-9-22(15-24)10-12-25(16-22)21(27)13-23-18(3)26/h5-8,17H,4,9-16H2,1-3H3,(H,23,26). The number of piperidine rings is 1. The summed E-state index contributed by atoms with van der Waals surface area (Å²) in [5, 5.41) is 2.63. The van der Waals surface area contributed by atoms with E-state index in [0.29, 0.717) is 5.92 Å². The first-order valence-corrected chi connectivity index (χ1v) is 10.2. The Morgan fingerprint density at radius 1 is 1.11 bits per heavy atom. The monoisotopic (exact) mass is 371 g/mol. The third-order valence-electron chi connectivity index (χ3n) is 6.07. The van der Waals surface area contributed by atoms with Gasteiger partial charge in [-0.3, -0.25) is 14.5 Å². The molecule has 1 aromatic rings. The van der Waals surface area contributed by atoms with Crippen molar-refractivity contribution in [3.8, 4) is 0 Å². The Labute approximate surface area is 163 Å². The van der Waals surface area contributed by atoms with Crippen molar-refractivity contribution in [3.63, 3.8) is 0 Å². The molecule has 2 heterocycles. The van der Waals surface area contributed by atoms with Gasteiger partial charge in [0.15, 0.2) is 0 Å². The molecule has 1 unspecified atom stereocenters. The topological polar surface area (TPSA) is 52.7 Å². The fourth-order valence-corrected chi connectivity index (χ4v) is 4.50. The largest absolute Gasteiger partial charge is 0.347 e. The molecule has 1 aromatic carbocycles. The minimum absolute atomic E-state index is 0.0449. The van der Waals surface area contributed by atoms with Crippen LogP contribution in [0.3, 0.4) is 0 Å². The summed E-state index contributed by atoms with van der Waals surface area (Å²) in [6, 6.07) is 9.01. The summed E-state index contributed by atoms with van der Waals surface area (Å²) in [7, 11) is 0. The maximum absolute atomic E-state index is 12.3. The van der Waals surface area contributed by atoms with E-state index in [4.69, 9.17) is 0 Å². The van der Waals surface area contributed by atoms with Crippen molar-refractivity contribution in [2.75, 3.05) is 32.7 Å². The van der Waals surface area contributed by atoms with Gasteiger partial charge in [0, 0.05) is 38.5 Å². The number of nitrogens with one attached hydrogen (secondary N) is 1. The Kier molecular flexibility index (Phi) is 6.20. The van der Waals surface area contributed by atoms with Gasteiger partial charge in [0.1, 0.15) is 0 Å². The van der Waals surface area contributed by atoms with E-state index in [0.717, 1.165) is 39.1 Å². The molecule has 3 rings (SSSR count).